The van der Waals surface area contributed by atoms with E-state index in [4.69, 9.17) is 11.6 Å². The van der Waals surface area contributed by atoms with Gasteiger partial charge in [0.05, 0.1) is 12.0 Å². The van der Waals surface area contributed by atoms with Crippen molar-refractivity contribution >= 4 is 35.5 Å². The number of amides is 1. The number of carbonyl (C=O) groups is 1. The van der Waals surface area contributed by atoms with Crippen molar-refractivity contribution in [3.63, 3.8) is 0 Å². The van der Waals surface area contributed by atoms with E-state index in [0.717, 1.165) is 5.56 Å². The molecule has 0 unspecified atom stereocenters. The molecule has 2 aromatic rings. The Bertz CT molecular complexity index is 677. The average molecular weight is 335 g/mol. The lowest BCUT2D eigenvalue weighted by Crippen LogP contribution is -2.19. The standard InChI is InChI=1S/C16H15ClN2O2S/c17-14-6-3-4-12(8-14)10-22-11-16(21)19-18-9-13-5-1-2-7-15(13)20/h1-9,20H,10-11H2,(H,19,21)/b18-9-. The molecule has 0 heterocycles. The first kappa shape index (κ1) is 16.4. The molecule has 2 N–H and O–H groups in total. The summed E-state index contributed by atoms with van der Waals surface area (Å²) in [6, 6.07) is 14.3. The summed E-state index contributed by atoms with van der Waals surface area (Å²) < 4.78 is 0. The molecule has 0 spiro atoms. The molecular formula is C16H15ClN2O2S. The van der Waals surface area contributed by atoms with Crippen LogP contribution in [0, 0.1) is 0 Å². The quantitative estimate of drug-likeness (QED) is 0.628. The Kier molecular flexibility index (Phi) is 6.30. The Morgan fingerprint density at radius 2 is 2.09 bits per heavy atom. The fraction of sp³-hybridized carbons (Fsp3) is 0.125. The number of hydrazone groups is 1. The van der Waals surface area contributed by atoms with E-state index < -0.39 is 0 Å². The Balaban J connectivity index is 1.73. The predicted molar refractivity (Wildman–Crippen MR) is 91.5 cm³/mol. The van der Waals surface area contributed by atoms with E-state index in [1.54, 1.807) is 24.3 Å². The maximum Gasteiger partial charge on any atom is 0.250 e. The number of nitrogens with zero attached hydrogens (tertiary/aromatic N) is 1. The Labute approximate surface area is 138 Å². The fourth-order valence-electron chi connectivity index (χ4n) is 1.69. The van der Waals surface area contributed by atoms with Crippen molar-refractivity contribution in [1.82, 2.24) is 5.43 Å². The van der Waals surface area contributed by atoms with Crippen LogP contribution in [-0.4, -0.2) is 23.0 Å². The summed E-state index contributed by atoms with van der Waals surface area (Å²) in [5.41, 5.74) is 4.05. The highest BCUT2D eigenvalue weighted by Crippen LogP contribution is 2.16. The maximum absolute atomic E-state index is 11.6. The van der Waals surface area contributed by atoms with Gasteiger partial charge in [-0.2, -0.15) is 5.10 Å². The zero-order valence-corrected chi connectivity index (χ0v) is 13.3. The van der Waals surface area contributed by atoms with E-state index in [1.807, 2.05) is 24.3 Å². The molecule has 6 heteroatoms. The third-order valence-corrected chi connectivity index (χ3v) is 3.96. The number of phenolic OH excluding ortho intramolecular Hbond substituents is 1. The van der Waals surface area contributed by atoms with Crippen LogP contribution in [0.1, 0.15) is 11.1 Å². The van der Waals surface area contributed by atoms with Crippen LogP contribution in [-0.2, 0) is 10.5 Å². The molecule has 0 aliphatic rings. The number of phenols is 1. The van der Waals surface area contributed by atoms with Gasteiger partial charge in [0.1, 0.15) is 5.75 Å². The lowest BCUT2D eigenvalue weighted by atomic mass is 10.2. The number of nitrogens with one attached hydrogen (secondary N) is 1. The number of benzene rings is 2. The number of hydrogen-bond acceptors (Lipinski definition) is 4. The predicted octanol–water partition coefficient (Wildman–Crippen LogP) is 3.43. The van der Waals surface area contributed by atoms with Crippen LogP contribution in [0.25, 0.3) is 0 Å². The summed E-state index contributed by atoms with van der Waals surface area (Å²) in [5.74, 6) is 0.927. The van der Waals surface area contributed by atoms with E-state index in [-0.39, 0.29) is 11.7 Å². The molecule has 1 amide bonds. The second kappa shape index (κ2) is 8.46. The van der Waals surface area contributed by atoms with Gasteiger partial charge in [0.25, 0.3) is 0 Å². The van der Waals surface area contributed by atoms with Crippen molar-refractivity contribution in [2.24, 2.45) is 5.10 Å². The van der Waals surface area contributed by atoms with Gasteiger partial charge < -0.3 is 5.11 Å². The molecule has 0 aromatic heterocycles. The van der Waals surface area contributed by atoms with Crippen LogP contribution in [0.4, 0.5) is 0 Å². The molecular weight excluding hydrogens is 320 g/mol. The van der Waals surface area contributed by atoms with Gasteiger partial charge in [-0.1, -0.05) is 35.9 Å². The van der Waals surface area contributed by atoms with Gasteiger partial charge in [-0.05, 0) is 29.8 Å². The van der Waals surface area contributed by atoms with Crippen molar-refractivity contribution < 1.29 is 9.90 Å². The third-order valence-electron chi connectivity index (χ3n) is 2.72. The highest BCUT2D eigenvalue weighted by molar-refractivity contribution is 7.99. The normalized spacial score (nSPS) is 10.8. The summed E-state index contributed by atoms with van der Waals surface area (Å²) in [4.78, 5) is 11.6. The third kappa shape index (κ3) is 5.42. The Hall–Kier alpha value is -1.98. The molecule has 2 aromatic carbocycles. The van der Waals surface area contributed by atoms with Crippen LogP contribution >= 0.6 is 23.4 Å². The van der Waals surface area contributed by atoms with E-state index in [2.05, 4.69) is 10.5 Å². The number of halogens is 1. The van der Waals surface area contributed by atoms with Crippen LogP contribution < -0.4 is 5.43 Å². The molecule has 0 radical (unpaired) electrons. The number of rotatable bonds is 6. The van der Waals surface area contributed by atoms with Gasteiger partial charge in [-0.25, -0.2) is 5.43 Å². The highest BCUT2D eigenvalue weighted by Gasteiger charge is 2.01. The van der Waals surface area contributed by atoms with E-state index >= 15 is 0 Å². The highest BCUT2D eigenvalue weighted by atomic mass is 35.5. The first-order valence-corrected chi connectivity index (χ1v) is 8.10. The first-order valence-electron chi connectivity index (χ1n) is 6.57. The number of para-hydroxylation sites is 1. The second-order valence-corrected chi connectivity index (χ2v) is 5.90. The molecule has 0 saturated carbocycles. The molecule has 0 saturated heterocycles. The van der Waals surface area contributed by atoms with Crippen molar-refractivity contribution in [2.75, 3.05) is 5.75 Å². The maximum atomic E-state index is 11.6. The zero-order chi connectivity index (χ0) is 15.8. The minimum atomic E-state index is -0.196. The van der Waals surface area contributed by atoms with Crippen molar-refractivity contribution in [1.29, 1.82) is 0 Å². The number of hydrogen-bond donors (Lipinski definition) is 2. The van der Waals surface area contributed by atoms with Crippen LogP contribution in [0.2, 0.25) is 5.02 Å². The summed E-state index contributed by atoms with van der Waals surface area (Å²) in [5, 5.41) is 14.1. The molecule has 22 heavy (non-hydrogen) atoms. The number of aromatic hydroxyl groups is 1. The molecule has 0 fully saturated rings. The Morgan fingerprint density at radius 1 is 1.27 bits per heavy atom. The van der Waals surface area contributed by atoms with Gasteiger partial charge in [0.2, 0.25) is 5.91 Å². The number of carbonyl (C=O) groups excluding carboxylic acids is 1. The van der Waals surface area contributed by atoms with Gasteiger partial charge >= 0.3 is 0 Å². The lowest BCUT2D eigenvalue weighted by molar-refractivity contribution is -0.118. The zero-order valence-electron chi connectivity index (χ0n) is 11.7. The van der Waals surface area contributed by atoms with E-state index in [1.165, 1.54) is 18.0 Å². The van der Waals surface area contributed by atoms with Crippen LogP contribution in [0.15, 0.2) is 53.6 Å². The summed E-state index contributed by atoms with van der Waals surface area (Å²) >= 11 is 7.38. The molecule has 2 rings (SSSR count). The van der Waals surface area contributed by atoms with Crippen LogP contribution in [0.5, 0.6) is 5.75 Å². The molecule has 0 atom stereocenters. The SMILES string of the molecule is O=C(CSCc1cccc(Cl)c1)N/N=C\c1ccccc1O. The topological polar surface area (TPSA) is 61.7 Å². The summed E-state index contributed by atoms with van der Waals surface area (Å²) in [6.07, 6.45) is 1.41. The molecule has 114 valence electrons. The van der Waals surface area contributed by atoms with Gasteiger partial charge in [-0.3, -0.25) is 4.79 Å². The van der Waals surface area contributed by atoms with Crippen LogP contribution in [0.3, 0.4) is 0 Å². The fourth-order valence-corrected chi connectivity index (χ4v) is 2.67. The van der Waals surface area contributed by atoms with Crippen molar-refractivity contribution in [3.8, 4) is 5.75 Å². The molecule has 0 aliphatic carbocycles. The van der Waals surface area contributed by atoms with Gasteiger partial charge in [0, 0.05) is 16.3 Å². The second-order valence-electron chi connectivity index (χ2n) is 4.47. The summed E-state index contributed by atoms with van der Waals surface area (Å²) in [7, 11) is 0. The monoisotopic (exact) mass is 334 g/mol. The van der Waals surface area contributed by atoms with E-state index in [0.29, 0.717) is 22.1 Å². The smallest absolute Gasteiger partial charge is 0.250 e. The number of thioether (sulfide) groups is 1. The Morgan fingerprint density at radius 3 is 2.86 bits per heavy atom. The largest absolute Gasteiger partial charge is 0.507 e. The van der Waals surface area contributed by atoms with Gasteiger partial charge in [0.15, 0.2) is 0 Å². The first-order chi connectivity index (χ1) is 10.6. The van der Waals surface area contributed by atoms with Crippen molar-refractivity contribution in [3.05, 3.63) is 64.7 Å². The lowest BCUT2D eigenvalue weighted by Gasteiger charge is -2.02. The van der Waals surface area contributed by atoms with E-state index in [9.17, 15) is 9.90 Å². The van der Waals surface area contributed by atoms with Gasteiger partial charge in [-0.15, -0.1) is 11.8 Å². The molecule has 0 bridgehead atoms. The summed E-state index contributed by atoms with van der Waals surface area (Å²) in [6.45, 7) is 0. The molecule has 0 aliphatic heterocycles. The molecule has 4 nitrogen and oxygen atoms in total. The van der Waals surface area contributed by atoms with Crippen molar-refractivity contribution in [2.45, 2.75) is 5.75 Å². The minimum Gasteiger partial charge on any atom is -0.507 e. The minimum absolute atomic E-state index is 0.121. The average Bonchev–Trinajstić information content (AvgIpc) is 2.49.